The van der Waals surface area contributed by atoms with Crippen LogP contribution in [-0.2, 0) is 0 Å². The Balaban J connectivity index is 2.43. The highest BCUT2D eigenvalue weighted by Gasteiger charge is 2.30. The van der Waals surface area contributed by atoms with Gasteiger partial charge in [-0.1, -0.05) is 24.3 Å². The molecule has 0 heterocycles. The van der Waals surface area contributed by atoms with Crippen LogP contribution in [0.2, 0.25) is 0 Å². The topological polar surface area (TPSA) is 36.4 Å². The van der Waals surface area contributed by atoms with E-state index in [9.17, 15) is 0 Å². The highest BCUT2D eigenvalue weighted by Crippen LogP contribution is 2.36. The van der Waals surface area contributed by atoms with Crippen LogP contribution in [0.25, 0.3) is 16.7 Å². The number of halogens is 1. The van der Waals surface area contributed by atoms with Crippen molar-refractivity contribution in [2.75, 3.05) is 0 Å². The number of fused-ring (bicyclic) bond motifs is 3. The second-order valence-corrected chi connectivity index (χ2v) is 4.93. The molecule has 2 aromatic rings. The van der Waals surface area contributed by atoms with Crippen LogP contribution >= 0.6 is 22.6 Å². The summed E-state index contributed by atoms with van der Waals surface area (Å²) in [5, 5.41) is 0. The second kappa shape index (κ2) is 3.54. The molecule has 0 fully saturated rings. The lowest BCUT2D eigenvalue weighted by Crippen LogP contribution is -1.98. The molecular formula is C13H7IN2. The van der Waals surface area contributed by atoms with Gasteiger partial charge < -0.3 is 5.53 Å². The van der Waals surface area contributed by atoms with Crippen molar-refractivity contribution < 1.29 is 4.79 Å². The highest BCUT2D eigenvalue weighted by molar-refractivity contribution is 14.1. The Kier molecular flexibility index (Phi) is 2.16. The first-order valence-corrected chi connectivity index (χ1v) is 6.01. The van der Waals surface area contributed by atoms with E-state index in [1.54, 1.807) is 0 Å². The van der Waals surface area contributed by atoms with Crippen LogP contribution in [0.15, 0.2) is 42.5 Å². The van der Waals surface area contributed by atoms with Gasteiger partial charge in [0, 0.05) is 3.57 Å². The van der Waals surface area contributed by atoms with Crippen LogP contribution in [0.5, 0.6) is 0 Å². The summed E-state index contributed by atoms with van der Waals surface area (Å²) >= 11 is 2.26. The highest BCUT2D eigenvalue weighted by atomic mass is 127. The molecule has 0 saturated carbocycles. The first-order chi connectivity index (χ1) is 7.81. The number of hydrogen-bond donors (Lipinski definition) is 0. The molecule has 3 heteroatoms. The standard InChI is InChI=1S/C13H7IN2/c14-8-5-6-10-9-3-1-2-4-11(9)13(16-15)12(10)7-8/h1-7H. The zero-order valence-corrected chi connectivity index (χ0v) is 10.5. The molecule has 0 saturated heterocycles. The van der Waals surface area contributed by atoms with Gasteiger partial charge in [-0.2, -0.15) is 4.79 Å². The second-order valence-electron chi connectivity index (χ2n) is 3.68. The predicted octanol–water partition coefficient (Wildman–Crippen LogP) is 3.34. The van der Waals surface area contributed by atoms with Gasteiger partial charge >= 0.3 is 5.71 Å². The van der Waals surface area contributed by atoms with Crippen LogP contribution in [0, 0.1) is 3.57 Å². The van der Waals surface area contributed by atoms with Crippen molar-refractivity contribution in [3.05, 3.63) is 62.7 Å². The van der Waals surface area contributed by atoms with Crippen molar-refractivity contribution in [2.24, 2.45) is 0 Å². The third-order valence-electron chi connectivity index (χ3n) is 2.81. The number of benzene rings is 2. The summed E-state index contributed by atoms with van der Waals surface area (Å²) in [4.78, 5) is 3.42. The lowest BCUT2D eigenvalue weighted by atomic mass is 10.1. The molecule has 76 valence electrons. The molecule has 0 N–H and O–H groups in total. The first-order valence-electron chi connectivity index (χ1n) is 4.93. The fourth-order valence-corrected chi connectivity index (χ4v) is 2.62. The van der Waals surface area contributed by atoms with E-state index in [2.05, 4.69) is 45.6 Å². The summed E-state index contributed by atoms with van der Waals surface area (Å²) in [6, 6.07) is 14.2. The van der Waals surface area contributed by atoms with E-state index in [0.29, 0.717) is 5.71 Å². The molecule has 0 spiro atoms. The molecule has 0 aliphatic heterocycles. The largest absolute Gasteiger partial charge is 0.361 e. The van der Waals surface area contributed by atoms with Gasteiger partial charge in [-0.25, -0.2) is 0 Å². The normalized spacial score (nSPS) is 11.9. The fourth-order valence-electron chi connectivity index (χ4n) is 2.12. The van der Waals surface area contributed by atoms with E-state index in [1.807, 2.05) is 24.3 Å². The van der Waals surface area contributed by atoms with Crippen molar-refractivity contribution in [3.63, 3.8) is 0 Å². The SMILES string of the molecule is [N-]=[N+]=C1c2ccccc2-c2ccc(I)cc21. The van der Waals surface area contributed by atoms with Gasteiger partial charge in [-0.3, -0.25) is 0 Å². The van der Waals surface area contributed by atoms with Crippen LogP contribution in [-0.4, -0.2) is 10.5 Å². The zero-order valence-electron chi connectivity index (χ0n) is 8.31. The van der Waals surface area contributed by atoms with Crippen molar-refractivity contribution in [1.29, 1.82) is 0 Å². The minimum Gasteiger partial charge on any atom is -0.361 e. The third-order valence-corrected chi connectivity index (χ3v) is 3.48. The van der Waals surface area contributed by atoms with Crippen molar-refractivity contribution >= 4 is 28.3 Å². The predicted molar refractivity (Wildman–Crippen MR) is 71.4 cm³/mol. The lowest BCUT2D eigenvalue weighted by Gasteiger charge is -1.97. The van der Waals surface area contributed by atoms with Gasteiger partial charge in [-0.05, 0) is 51.9 Å². The lowest BCUT2D eigenvalue weighted by molar-refractivity contribution is -0.00243. The average Bonchev–Trinajstić information content (AvgIpc) is 2.61. The zero-order chi connectivity index (χ0) is 11.1. The summed E-state index contributed by atoms with van der Waals surface area (Å²) in [5.41, 5.74) is 14.1. The van der Waals surface area contributed by atoms with E-state index in [-0.39, 0.29) is 0 Å². The fraction of sp³-hybridized carbons (Fsp3) is 0. The molecule has 2 nitrogen and oxygen atoms in total. The van der Waals surface area contributed by atoms with Gasteiger partial charge in [0.25, 0.3) is 0 Å². The molecule has 3 rings (SSSR count). The molecule has 0 aromatic heterocycles. The molecule has 0 amide bonds. The van der Waals surface area contributed by atoms with Crippen molar-refractivity contribution in [3.8, 4) is 11.1 Å². The Morgan fingerprint density at radius 1 is 0.875 bits per heavy atom. The molecule has 0 bridgehead atoms. The summed E-state index contributed by atoms with van der Waals surface area (Å²) in [5.74, 6) is 0. The van der Waals surface area contributed by atoms with E-state index < -0.39 is 0 Å². The summed E-state index contributed by atoms with van der Waals surface area (Å²) in [6.45, 7) is 0. The van der Waals surface area contributed by atoms with Gasteiger partial charge in [0.05, 0.1) is 11.1 Å². The Morgan fingerprint density at radius 3 is 2.31 bits per heavy atom. The maximum Gasteiger partial charge on any atom is 0.330 e. The molecule has 16 heavy (non-hydrogen) atoms. The van der Waals surface area contributed by atoms with E-state index in [4.69, 9.17) is 5.53 Å². The Labute approximate surface area is 107 Å². The van der Waals surface area contributed by atoms with Crippen molar-refractivity contribution in [1.82, 2.24) is 0 Å². The minimum atomic E-state index is 0.670. The van der Waals surface area contributed by atoms with E-state index >= 15 is 0 Å². The van der Waals surface area contributed by atoms with Gasteiger partial charge in [0.2, 0.25) is 0 Å². The van der Waals surface area contributed by atoms with Crippen LogP contribution in [0.4, 0.5) is 0 Å². The van der Waals surface area contributed by atoms with Gasteiger partial charge in [-0.15, -0.1) is 0 Å². The minimum absolute atomic E-state index is 0.670. The summed E-state index contributed by atoms with van der Waals surface area (Å²) in [6.07, 6.45) is 0. The van der Waals surface area contributed by atoms with E-state index in [1.165, 1.54) is 0 Å². The van der Waals surface area contributed by atoms with E-state index in [0.717, 1.165) is 25.8 Å². The molecule has 0 atom stereocenters. The molecule has 2 aromatic carbocycles. The number of nitrogens with zero attached hydrogens (tertiary/aromatic N) is 2. The monoisotopic (exact) mass is 318 g/mol. The number of rotatable bonds is 0. The molecule has 1 aliphatic rings. The van der Waals surface area contributed by atoms with Gasteiger partial charge in [0.15, 0.2) is 0 Å². The van der Waals surface area contributed by atoms with Crippen molar-refractivity contribution in [2.45, 2.75) is 0 Å². The molecule has 1 aliphatic carbocycles. The van der Waals surface area contributed by atoms with Crippen LogP contribution in [0.3, 0.4) is 0 Å². The Bertz CT molecular complexity index is 640. The average molecular weight is 318 g/mol. The molecule has 0 radical (unpaired) electrons. The first kappa shape index (κ1) is 9.75. The summed E-state index contributed by atoms with van der Waals surface area (Å²) < 4.78 is 1.14. The molecule has 0 unspecified atom stereocenters. The number of hydrogen-bond acceptors (Lipinski definition) is 0. The quantitative estimate of drug-likeness (QED) is 0.346. The van der Waals surface area contributed by atoms with Crippen LogP contribution in [0.1, 0.15) is 11.1 Å². The third kappa shape index (κ3) is 1.25. The van der Waals surface area contributed by atoms with Crippen LogP contribution < -0.4 is 0 Å². The Morgan fingerprint density at radius 2 is 1.56 bits per heavy atom. The maximum absolute atomic E-state index is 9.14. The summed E-state index contributed by atoms with van der Waals surface area (Å²) in [7, 11) is 0. The Hall–Kier alpha value is -1.45. The maximum atomic E-state index is 9.14. The molecular weight excluding hydrogens is 311 g/mol. The smallest absolute Gasteiger partial charge is 0.330 e. The van der Waals surface area contributed by atoms with Gasteiger partial charge in [0.1, 0.15) is 0 Å².